The van der Waals surface area contributed by atoms with Crippen LogP contribution in [0.1, 0.15) is 18.6 Å². The Hall–Kier alpha value is -0.900. The normalized spacial score (nSPS) is 40.4. The number of ether oxygens (including phenoxy) is 1. The summed E-state index contributed by atoms with van der Waals surface area (Å²) in [6, 6.07) is 10.0. The predicted molar refractivity (Wildman–Crippen MR) is 49.5 cm³/mol. The molecule has 3 rings (SSSR count). The van der Waals surface area contributed by atoms with E-state index in [0.29, 0.717) is 0 Å². The van der Waals surface area contributed by atoms with Gasteiger partial charge in [0.2, 0.25) is 0 Å². The number of hydrogen-bond donors (Lipinski definition) is 0. The number of benzene rings is 1. The first-order valence-corrected chi connectivity index (χ1v) is 4.89. The molecule has 0 radical (unpaired) electrons. The third-order valence-corrected chi connectivity index (χ3v) is 2.76. The van der Waals surface area contributed by atoms with Gasteiger partial charge in [0.1, 0.15) is 24.4 Å². The van der Waals surface area contributed by atoms with Crippen LogP contribution in [0.25, 0.3) is 0 Å². The molecule has 2 aliphatic heterocycles. The average Bonchev–Trinajstić information content (AvgIpc) is 3.00. The molecule has 1 aromatic rings. The second kappa shape index (κ2) is 3.05. The van der Waals surface area contributed by atoms with Crippen molar-refractivity contribution in [2.24, 2.45) is 0 Å². The third kappa shape index (κ3) is 1.25. The molecular weight excluding hydrogens is 180 g/mol. The van der Waals surface area contributed by atoms with Crippen LogP contribution in [0.4, 0.5) is 0 Å². The van der Waals surface area contributed by atoms with Crippen LogP contribution in [0.15, 0.2) is 30.3 Å². The third-order valence-electron chi connectivity index (χ3n) is 2.76. The van der Waals surface area contributed by atoms with Crippen LogP contribution in [0.5, 0.6) is 0 Å². The second-order valence-corrected chi connectivity index (χ2v) is 3.79. The highest BCUT2D eigenvalue weighted by Crippen LogP contribution is 2.43. The zero-order valence-corrected chi connectivity index (χ0v) is 7.92. The molecule has 0 saturated carbocycles. The highest BCUT2D eigenvalue weighted by atomic mass is 17.2. The summed E-state index contributed by atoms with van der Waals surface area (Å²) in [7, 11) is 0. The van der Waals surface area contributed by atoms with Crippen LogP contribution in [-0.4, -0.2) is 18.3 Å². The molecule has 2 fully saturated rings. The molecule has 0 amide bonds. The Morgan fingerprint density at radius 2 is 1.79 bits per heavy atom. The van der Waals surface area contributed by atoms with Gasteiger partial charge in [0.25, 0.3) is 0 Å². The highest BCUT2D eigenvalue weighted by Gasteiger charge is 2.54. The van der Waals surface area contributed by atoms with Crippen LogP contribution in [0, 0.1) is 0 Å². The molecule has 2 heterocycles. The van der Waals surface area contributed by atoms with Gasteiger partial charge in [-0.1, -0.05) is 30.3 Å². The van der Waals surface area contributed by atoms with Crippen molar-refractivity contribution in [2.75, 3.05) is 0 Å². The summed E-state index contributed by atoms with van der Waals surface area (Å²) in [6.07, 6.45) is 0.396. The van der Waals surface area contributed by atoms with E-state index in [2.05, 4.69) is 0 Å². The molecule has 74 valence electrons. The van der Waals surface area contributed by atoms with Crippen molar-refractivity contribution in [2.45, 2.75) is 31.3 Å². The van der Waals surface area contributed by atoms with Crippen molar-refractivity contribution in [3.8, 4) is 0 Å². The van der Waals surface area contributed by atoms with E-state index < -0.39 is 0 Å². The van der Waals surface area contributed by atoms with E-state index >= 15 is 0 Å². The highest BCUT2D eigenvalue weighted by molar-refractivity contribution is 5.21. The summed E-state index contributed by atoms with van der Waals surface area (Å²) in [4.78, 5) is 10.5. The molecule has 0 unspecified atom stereocenters. The molecule has 0 spiro atoms. The number of hydrogen-bond acceptors (Lipinski definition) is 3. The molecule has 3 heteroatoms. The summed E-state index contributed by atoms with van der Waals surface area (Å²) >= 11 is 0. The fourth-order valence-electron chi connectivity index (χ4n) is 1.90. The van der Waals surface area contributed by atoms with Crippen molar-refractivity contribution < 1.29 is 14.5 Å². The van der Waals surface area contributed by atoms with Gasteiger partial charge < -0.3 is 4.74 Å². The Balaban J connectivity index is 1.82. The van der Waals surface area contributed by atoms with E-state index in [0.717, 1.165) is 5.56 Å². The standard InChI is InChI=1S/C11H12O3/c1-7-9-11(12-9)10(14-13-7)8-5-3-2-4-6-8/h2-7,9-11H,1H3/t7-,9+,10+,11+/m0/s1. The Kier molecular flexibility index (Phi) is 1.83. The van der Waals surface area contributed by atoms with E-state index in [1.165, 1.54) is 0 Å². The van der Waals surface area contributed by atoms with Gasteiger partial charge in [0, 0.05) is 0 Å². The lowest BCUT2D eigenvalue weighted by Gasteiger charge is -2.22. The zero-order valence-electron chi connectivity index (χ0n) is 7.92. The molecule has 0 bridgehead atoms. The average molecular weight is 192 g/mol. The Morgan fingerprint density at radius 3 is 2.57 bits per heavy atom. The minimum atomic E-state index is -0.0580. The van der Waals surface area contributed by atoms with Crippen LogP contribution in [0.3, 0.4) is 0 Å². The molecule has 4 atom stereocenters. The van der Waals surface area contributed by atoms with Crippen LogP contribution in [0.2, 0.25) is 0 Å². The first-order valence-electron chi connectivity index (χ1n) is 4.89. The van der Waals surface area contributed by atoms with Crippen molar-refractivity contribution in [3.63, 3.8) is 0 Å². The summed E-state index contributed by atoms with van der Waals surface area (Å²) < 4.78 is 5.51. The fraction of sp³-hybridized carbons (Fsp3) is 0.455. The molecule has 0 aromatic heterocycles. The van der Waals surface area contributed by atoms with Gasteiger partial charge in [-0.2, -0.15) is 0 Å². The Bertz CT molecular complexity index is 325. The van der Waals surface area contributed by atoms with E-state index in [9.17, 15) is 0 Å². The lowest BCUT2D eigenvalue weighted by Crippen LogP contribution is -2.28. The lowest BCUT2D eigenvalue weighted by molar-refractivity contribution is -0.364. The van der Waals surface area contributed by atoms with Gasteiger partial charge >= 0.3 is 0 Å². The van der Waals surface area contributed by atoms with Gasteiger partial charge in [-0.25, -0.2) is 9.78 Å². The molecule has 2 saturated heterocycles. The Labute approximate surface area is 82.5 Å². The van der Waals surface area contributed by atoms with E-state index in [4.69, 9.17) is 14.5 Å². The number of fused-ring (bicyclic) bond motifs is 1. The quantitative estimate of drug-likeness (QED) is 0.502. The maximum atomic E-state index is 5.51. The molecule has 14 heavy (non-hydrogen) atoms. The van der Waals surface area contributed by atoms with Crippen LogP contribution < -0.4 is 0 Å². The smallest absolute Gasteiger partial charge is 0.147 e. The SMILES string of the molecule is C[C@@H]1OO[C@H](c2ccccc2)[C@@H]2O[C@@H]21. The summed E-state index contributed by atoms with van der Waals surface area (Å²) in [5.41, 5.74) is 1.12. The summed E-state index contributed by atoms with van der Waals surface area (Å²) in [5, 5.41) is 0. The molecular formula is C11H12O3. The van der Waals surface area contributed by atoms with Crippen LogP contribution >= 0.6 is 0 Å². The first kappa shape index (κ1) is 8.41. The first-order chi connectivity index (χ1) is 6.86. The fourth-order valence-corrected chi connectivity index (χ4v) is 1.90. The van der Waals surface area contributed by atoms with Crippen molar-refractivity contribution in [3.05, 3.63) is 35.9 Å². The van der Waals surface area contributed by atoms with E-state index in [1.54, 1.807) is 0 Å². The topological polar surface area (TPSA) is 31.0 Å². The maximum absolute atomic E-state index is 5.51. The van der Waals surface area contributed by atoms with E-state index in [1.807, 2.05) is 37.3 Å². The van der Waals surface area contributed by atoms with Gasteiger partial charge in [-0.05, 0) is 12.5 Å². The van der Waals surface area contributed by atoms with Crippen molar-refractivity contribution >= 4 is 0 Å². The largest absolute Gasteiger partial charge is 0.363 e. The monoisotopic (exact) mass is 192 g/mol. The lowest BCUT2D eigenvalue weighted by atomic mass is 10.0. The van der Waals surface area contributed by atoms with Gasteiger partial charge in [0.15, 0.2) is 0 Å². The van der Waals surface area contributed by atoms with Crippen LogP contribution in [-0.2, 0) is 14.5 Å². The minimum absolute atomic E-state index is 0.0555. The molecule has 1 aromatic carbocycles. The molecule has 3 nitrogen and oxygen atoms in total. The molecule has 0 aliphatic carbocycles. The zero-order chi connectivity index (χ0) is 9.54. The molecule has 0 N–H and O–H groups in total. The van der Waals surface area contributed by atoms with Gasteiger partial charge in [-0.3, -0.25) is 0 Å². The van der Waals surface area contributed by atoms with Gasteiger partial charge in [-0.15, -0.1) is 0 Å². The molecule has 2 aliphatic rings. The maximum Gasteiger partial charge on any atom is 0.147 e. The van der Waals surface area contributed by atoms with Crippen molar-refractivity contribution in [1.29, 1.82) is 0 Å². The van der Waals surface area contributed by atoms with Gasteiger partial charge in [0.05, 0.1) is 0 Å². The Morgan fingerprint density at radius 1 is 1.00 bits per heavy atom. The second-order valence-electron chi connectivity index (χ2n) is 3.79. The summed E-state index contributed by atoms with van der Waals surface area (Å²) in [6.45, 7) is 1.96. The number of rotatable bonds is 1. The minimum Gasteiger partial charge on any atom is -0.363 e. The summed E-state index contributed by atoms with van der Waals surface area (Å²) in [5.74, 6) is 0. The van der Waals surface area contributed by atoms with E-state index in [-0.39, 0.29) is 24.4 Å². The number of epoxide rings is 1. The van der Waals surface area contributed by atoms with Crippen molar-refractivity contribution in [1.82, 2.24) is 0 Å². The predicted octanol–water partition coefficient (Wildman–Crippen LogP) is 1.85.